The monoisotopic (exact) mass is 569 g/mol. The predicted molar refractivity (Wildman–Crippen MR) is 158 cm³/mol. The predicted octanol–water partition coefficient (Wildman–Crippen LogP) is 5.26. The summed E-state index contributed by atoms with van der Waals surface area (Å²) in [6, 6.07) is 22.0. The van der Waals surface area contributed by atoms with E-state index in [0.29, 0.717) is 45.5 Å². The molecule has 7 heteroatoms. The second-order valence-electron chi connectivity index (χ2n) is 11.5. The number of fused-ring (bicyclic) bond motifs is 3. The first-order valence-electron chi connectivity index (χ1n) is 14.3. The Kier molecular flexibility index (Phi) is 6.20. The summed E-state index contributed by atoms with van der Waals surface area (Å²) in [5.41, 5.74) is 3.66. The summed E-state index contributed by atoms with van der Waals surface area (Å²) in [4.78, 5) is 68.7. The molecule has 0 bridgehead atoms. The van der Waals surface area contributed by atoms with Crippen LogP contribution in [0.4, 0.5) is 5.69 Å². The highest BCUT2D eigenvalue weighted by Gasteiger charge is 2.56. The third-order valence-electron chi connectivity index (χ3n) is 9.23. The Balaban J connectivity index is 1.26. The zero-order chi connectivity index (χ0) is 30.0. The Labute approximate surface area is 247 Å². The van der Waals surface area contributed by atoms with E-state index in [9.17, 15) is 29.1 Å². The van der Waals surface area contributed by atoms with Crippen molar-refractivity contribution in [3.63, 3.8) is 0 Å². The van der Waals surface area contributed by atoms with E-state index in [4.69, 9.17) is 0 Å². The molecule has 4 aliphatic rings. The van der Waals surface area contributed by atoms with Gasteiger partial charge in [0.25, 0.3) is 0 Å². The summed E-state index contributed by atoms with van der Waals surface area (Å²) in [6.07, 6.45) is 3.73. The van der Waals surface area contributed by atoms with Crippen molar-refractivity contribution in [3.8, 4) is 5.75 Å². The lowest BCUT2D eigenvalue weighted by molar-refractivity contribution is -0.123. The van der Waals surface area contributed by atoms with Crippen LogP contribution in [0.3, 0.4) is 0 Å². The fourth-order valence-electron chi connectivity index (χ4n) is 7.24. The summed E-state index contributed by atoms with van der Waals surface area (Å²) in [6.45, 7) is 1.60. The lowest BCUT2D eigenvalue weighted by Crippen LogP contribution is -2.39. The van der Waals surface area contributed by atoms with Crippen molar-refractivity contribution in [1.29, 1.82) is 0 Å². The molecule has 43 heavy (non-hydrogen) atoms. The number of ketones is 3. The van der Waals surface area contributed by atoms with Crippen LogP contribution in [0.15, 0.2) is 113 Å². The van der Waals surface area contributed by atoms with Gasteiger partial charge in [-0.2, -0.15) is 0 Å². The third kappa shape index (κ3) is 4.07. The molecule has 0 aromatic heterocycles. The van der Waals surface area contributed by atoms with Crippen LogP contribution in [0.2, 0.25) is 0 Å². The van der Waals surface area contributed by atoms with Crippen molar-refractivity contribution in [2.24, 2.45) is 17.8 Å². The van der Waals surface area contributed by atoms with Crippen LogP contribution in [-0.2, 0) is 19.2 Å². The minimum Gasteiger partial charge on any atom is -0.508 e. The molecule has 1 heterocycles. The molecule has 7 rings (SSSR count). The number of phenols is 1. The van der Waals surface area contributed by atoms with E-state index in [1.54, 1.807) is 79.7 Å². The number of aromatic hydroxyl groups is 1. The van der Waals surface area contributed by atoms with E-state index in [2.05, 4.69) is 0 Å². The molecule has 7 nitrogen and oxygen atoms in total. The number of phenolic OH excluding ortho intramolecular Hbond substituents is 1. The largest absolute Gasteiger partial charge is 0.508 e. The minimum atomic E-state index is -0.727. The summed E-state index contributed by atoms with van der Waals surface area (Å²) < 4.78 is 0. The zero-order valence-electron chi connectivity index (χ0n) is 23.3. The topological polar surface area (TPSA) is 109 Å². The van der Waals surface area contributed by atoms with E-state index in [1.807, 2.05) is 12.1 Å². The van der Waals surface area contributed by atoms with Gasteiger partial charge in [-0.15, -0.1) is 0 Å². The van der Waals surface area contributed by atoms with Gasteiger partial charge in [-0.25, -0.2) is 0 Å². The number of benzene rings is 3. The highest BCUT2D eigenvalue weighted by atomic mass is 16.3. The molecule has 0 unspecified atom stereocenters. The molecular formula is C36H27NO6. The highest BCUT2D eigenvalue weighted by Crippen LogP contribution is 2.56. The summed E-state index contributed by atoms with van der Waals surface area (Å²) in [5, 5.41) is 10.8. The third-order valence-corrected chi connectivity index (χ3v) is 9.23. The van der Waals surface area contributed by atoms with Crippen LogP contribution < -0.4 is 4.90 Å². The lowest BCUT2D eigenvalue weighted by atomic mass is 9.59. The number of hydrogen-bond acceptors (Lipinski definition) is 6. The van der Waals surface area contributed by atoms with Gasteiger partial charge < -0.3 is 5.11 Å². The molecule has 1 fully saturated rings. The summed E-state index contributed by atoms with van der Waals surface area (Å²) in [5.74, 6) is -3.92. The molecule has 3 aromatic rings. The smallest absolute Gasteiger partial charge is 0.238 e. The number of allylic oxidation sites excluding steroid dienone is 6. The van der Waals surface area contributed by atoms with Crippen molar-refractivity contribution < 1.29 is 29.1 Å². The van der Waals surface area contributed by atoms with Crippen molar-refractivity contribution in [3.05, 3.63) is 130 Å². The maximum absolute atomic E-state index is 14.1. The number of imide groups is 1. The molecule has 1 aliphatic heterocycles. The molecule has 3 aliphatic carbocycles. The van der Waals surface area contributed by atoms with Crippen molar-refractivity contribution in [2.45, 2.75) is 25.7 Å². The van der Waals surface area contributed by atoms with E-state index >= 15 is 0 Å². The lowest BCUT2D eigenvalue weighted by Gasteiger charge is -2.42. The van der Waals surface area contributed by atoms with Gasteiger partial charge in [0, 0.05) is 39.3 Å². The van der Waals surface area contributed by atoms with E-state index in [1.165, 1.54) is 11.0 Å². The standard InChI is InChI=1S/C36H27NO6/c1-19-17-29(39)32-27(33(19)40)18-26-23(30(32)24-9-5-6-10-28(24)38)15-16-25-31(26)36(43)37(35(25)42)22-13-11-21(12-14-22)34(41)20-7-3-2-4-8-20/h2-15,17,25-26,30-31,38H,16,18H2,1H3/t25-,26+,30+,31-/m0/s1. The fourth-order valence-corrected chi connectivity index (χ4v) is 7.24. The van der Waals surface area contributed by atoms with Crippen LogP contribution >= 0.6 is 0 Å². The number of nitrogens with zero attached hydrogens (tertiary/aromatic N) is 1. The number of carbonyl (C=O) groups excluding carboxylic acids is 5. The van der Waals surface area contributed by atoms with Gasteiger partial charge in [0.1, 0.15) is 5.75 Å². The Hall–Kier alpha value is -5.17. The van der Waals surface area contributed by atoms with Crippen LogP contribution in [0.25, 0.3) is 0 Å². The summed E-state index contributed by atoms with van der Waals surface area (Å²) in [7, 11) is 0. The zero-order valence-corrected chi connectivity index (χ0v) is 23.3. The number of carbonyl (C=O) groups is 5. The number of para-hydroxylation sites is 1. The molecule has 2 amide bonds. The first-order valence-corrected chi connectivity index (χ1v) is 14.3. The van der Waals surface area contributed by atoms with E-state index < -0.39 is 23.7 Å². The Bertz CT molecular complexity index is 1850. The highest BCUT2D eigenvalue weighted by molar-refractivity contribution is 6.25. The number of hydrogen-bond donors (Lipinski definition) is 1. The van der Waals surface area contributed by atoms with Gasteiger partial charge in [0.2, 0.25) is 11.8 Å². The van der Waals surface area contributed by atoms with Gasteiger partial charge in [-0.05, 0) is 62.1 Å². The van der Waals surface area contributed by atoms with Gasteiger partial charge in [-0.1, -0.05) is 60.2 Å². The van der Waals surface area contributed by atoms with Crippen molar-refractivity contribution >= 4 is 34.9 Å². The molecule has 4 atom stereocenters. The maximum atomic E-state index is 14.1. The maximum Gasteiger partial charge on any atom is 0.238 e. The van der Waals surface area contributed by atoms with Crippen LogP contribution in [0.1, 0.15) is 47.2 Å². The number of amides is 2. The Morgan fingerprint density at radius 2 is 1.49 bits per heavy atom. The quantitative estimate of drug-likeness (QED) is 0.199. The Morgan fingerprint density at radius 3 is 2.21 bits per heavy atom. The van der Waals surface area contributed by atoms with Crippen LogP contribution in [0, 0.1) is 17.8 Å². The second-order valence-corrected chi connectivity index (χ2v) is 11.5. The van der Waals surface area contributed by atoms with Crippen LogP contribution in [0.5, 0.6) is 5.75 Å². The summed E-state index contributed by atoms with van der Waals surface area (Å²) >= 11 is 0. The van der Waals surface area contributed by atoms with Crippen molar-refractivity contribution in [1.82, 2.24) is 0 Å². The Morgan fingerprint density at radius 1 is 0.814 bits per heavy atom. The molecular weight excluding hydrogens is 542 g/mol. The molecule has 1 saturated heterocycles. The van der Waals surface area contributed by atoms with Crippen molar-refractivity contribution in [2.75, 3.05) is 4.90 Å². The number of anilines is 1. The second kappa shape index (κ2) is 9.98. The first kappa shape index (κ1) is 26.7. The fraction of sp³-hybridized carbons (Fsp3) is 0.194. The number of Topliss-reactive ketones (excluding diaryl/α,β-unsaturated/α-hetero) is 1. The van der Waals surface area contributed by atoms with Gasteiger partial charge in [-0.3, -0.25) is 28.9 Å². The molecule has 3 aromatic carbocycles. The van der Waals surface area contributed by atoms with Gasteiger partial charge >= 0.3 is 0 Å². The minimum absolute atomic E-state index is 0.00450. The average molecular weight is 570 g/mol. The SMILES string of the molecule is CC1=CC(=O)C2=C(C[C@@H]3C(=CC[C@@H]4C(=O)N(c5ccc(C(=O)c6ccccc6)cc5)C(=O)[C@@H]43)[C@@H]2c2ccccc2O)C1=O. The molecule has 1 N–H and O–H groups in total. The van der Waals surface area contributed by atoms with E-state index in [-0.39, 0.29) is 41.3 Å². The van der Waals surface area contributed by atoms with Gasteiger partial charge in [0.15, 0.2) is 17.3 Å². The normalized spacial score (nSPS) is 24.7. The molecule has 212 valence electrons. The van der Waals surface area contributed by atoms with Gasteiger partial charge in [0.05, 0.1) is 17.5 Å². The average Bonchev–Trinajstić information content (AvgIpc) is 3.28. The van der Waals surface area contributed by atoms with Crippen LogP contribution in [-0.4, -0.2) is 34.3 Å². The first-order chi connectivity index (χ1) is 20.8. The number of rotatable bonds is 4. The molecule has 0 saturated carbocycles. The molecule has 0 spiro atoms. The van der Waals surface area contributed by atoms with E-state index in [0.717, 1.165) is 5.57 Å². The molecule has 0 radical (unpaired) electrons.